The van der Waals surface area contributed by atoms with Crippen LogP contribution in [0.25, 0.3) is 11.1 Å². The van der Waals surface area contributed by atoms with Crippen molar-refractivity contribution in [2.75, 3.05) is 11.9 Å². The third-order valence-electron chi connectivity index (χ3n) is 3.37. The summed E-state index contributed by atoms with van der Waals surface area (Å²) in [5.74, 6) is 0. The molecule has 0 saturated heterocycles. The van der Waals surface area contributed by atoms with E-state index in [2.05, 4.69) is 10.3 Å². The molecule has 1 atom stereocenters. The van der Waals surface area contributed by atoms with Gasteiger partial charge in [0.1, 0.15) is 5.52 Å². The summed E-state index contributed by atoms with van der Waals surface area (Å²) < 4.78 is 44.2. The summed E-state index contributed by atoms with van der Waals surface area (Å²) in [7, 11) is 0. The van der Waals surface area contributed by atoms with Crippen LogP contribution in [-0.4, -0.2) is 16.6 Å². The fourth-order valence-corrected chi connectivity index (χ4v) is 2.29. The van der Waals surface area contributed by atoms with E-state index in [4.69, 9.17) is 4.42 Å². The van der Waals surface area contributed by atoms with Crippen LogP contribution in [0.5, 0.6) is 0 Å². The van der Waals surface area contributed by atoms with Crippen LogP contribution in [0.15, 0.2) is 52.9 Å². The number of halogens is 3. The molecule has 2 N–H and O–H groups in total. The first kappa shape index (κ1) is 15.4. The number of fused-ring (bicyclic) bond motifs is 1. The number of benzene rings is 2. The third kappa shape index (κ3) is 3.29. The van der Waals surface area contributed by atoms with Gasteiger partial charge in [-0.3, -0.25) is 0 Å². The summed E-state index contributed by atoms with van der Waals surface area (Å²) in [6, 6.07) is 12.1. The highest BCUT2D eigenvalue weighted by Crippen LogP contribution is 2.34. The molecule has 3 aromatic rings. The Morgan fingerprint density at radius 2 is 1.78 bits per heavy atom. The average molecular weight is 322 g/mol. The smallest absolute Gasteiger partial charge is 0.416 e. The number of nitrogens with one attached hydrogen (secondary N) is 1. The number of rotatable bonds is 4. The Morgan fingerprint density at radius 3 is 2.52 bits per heavy atom. The van der Waals surface area contributed by atoms with Crippen LogP contribution in [-0.2, 0) is 6.18 Å². The van der Waals surface area contributed by atoms with Gasteiger partial charge < -0.3 is 14.8 Å². The van der Waals surface area contributed by atoms with E-state index in [0.717, 1.165) is 6.07 Å². The van der Waals surface area contributed by atoms with E-state index in [1.54, 1.807) is 24.3 Å². The zero-order valence-corrected chi connectivity index (χ0v) is 11.8. The minimum Gasteiger partial charge on any atom is -0.424 e. The number of para-hydroxylation sites is 2. The molecule has 4 nitrogen and oxygen atoms in total. The van der Waals surface area contributed by atoms with Crippen molar-refractivity contribution in [1.29, 1.82) is 0 Å². The fourth-order valence-electron chi connectivity index (χ4n) is 2.29. The van der Waals surface area contributed by atoms with E-state index in [9.17, 15) is 18.3 Å². The van der Waals surface area contributed by atoms with E-state index in [0.29, 0.717) is 11.1 Å². The summed E-state index contributed by atoms with van der Waals surface area (Å²) in [5.41, 5.74) is 0.135. The van der Waals surface area contributed by atoms with Gasteiger partial charge in [0, 0.05) is 6.54 Å². The third-order valence-corrected chi connectivity index (χ3v) is 3.37. The number of hydrogen-bond donors (Lipinski definition) is 2. The molecule has 7 heteroatoms. The van der Waals surface area contributed by atoms with Crippen molar-refractivity contribution in [2.24, 2.45) is 0 Å². The number of alkyl halides is 3. The van der Waals surface area contributed by atoms with Crippen molar-refractivity contribution in [3.8, 4) is 0 Å². The van der Waals surface area contributed by atoms with Gasteiger partial charge in [-0.1, -0.05) is 30.3 Å². The highest BCUT2D eigenvalue weighted by molar-refractivity contribution is 5.74. The first-order valence-corrected chi connectivity index (χ1v) is 6.89. The maximum Gasteiger partial charge on any atom is 0.416 e. The zero-order chi connectivity index (χ0) is 16.4. The minimum absolute atomic E-state index is 0.148. The van der Waals surface area contributed by atoms with Gasteiger partial charge in [0.15, 0.2) is 5.58 Å². The number of aliphatic hydroxyl groups excluding tert-OH is 1. The average Bonchev–Trinajstić information content (AvgIpc) is 2.94. The summed E-state index contributed by atoms with van der Waals surface area (Å²) >= 11 is 0. The fraction of sp³-hybridized carbons (Fsp3) is 0.188. The van der Waals surface area contributed by atoms with Gasteiger partial charge in [0.25, 0.3) is 6.01 Å². The zero-order valence-electron chi connectivity index (χ0n) is 11.8. The molecule has 2 aromatic carbocycles. The van der Waals surface area contributed by atoms with Crippen LogP contribution >= 0.6 is 0 Å². The predicted octanol–water partition coefficient (Wildman–Crippen LogP) is 3.99. The van der Waals surface area contributed by atoms with Gasteiger partial charge in [0.2, 0.25) is 0 Å². The molecule has 23 heavy (non-hydrogen) atoms. The van der Waals surface area contributed by atoms with E-state index in [1.807, 2.05) is 0 Å². The second kappa shape index (κ2) is 5.92. The Morgan fingerprint density at radius 1 is 1.09 bits per heavy atom. The van der Waals surface area contributed by atoms with Crippen molar-refractivity contribution in [3.05, 3.63) is 59.7 Å². The molecule has 0 aliphatic rings. The maximum atomic E-state index is 12.9. The molecule has 3 rings (SSSR count). The maximum absolute atomic E-state index is 12.9. The summed E-state index contributed by atoms with van der Waals surface area (Å²) in [6.45, 7) is -0.153. The molecule has 1 unspecified atom stereocenters. The SMILES string of the molecule is OC(CNc1nc2ccccc2o1)c1ccccc1C(F)(F)F. The largest absolute Gasteiger partial charge is 0.424 e. The van der Waals surface area contributed by atoms with Gasteiger partial charge in [-0.2, -0.15) is 18.2 Å². The molecule has 0 bridgehead atoms. The predicted molar refractivity (Wildman–Crippen MR) is 78.9 cm³/mol. The normalized spacial score (nSPS) is 13.2. The molecule has 120 valence electrons. The second-order valence-electron chi connectivity index (χ2n) is 4.97. The Hall–Kier alpha value is -2.54. The molecule has 0 radical (unpaired) electrons. The number of aliphatic hydroxyl groups is 1. The van der Waals surface area contributed by atoms with Crippen molar-refractivity contribution < 1.29 is 22.7 Å². The van der Waals surface area contributed by atoms with E-state index in [-0.39, 0.29) is 18.1 Å². The van der Waals surface area contributed by atoms with E-state index >= 15 is 0 Å². The topological polar surface area (TPSA) is 58.3 Å². The van der Waals surface area contributed by atoms with E-state index in [1.165, 1.54) is 18.2 Å². The highest BCUT2D eigenvalue weighted by atomic mass is 19.4. The molecular formula is C16H13F3N2O2. The van der Waals surface area contributed by atoms with Crippen molar-refractivity contribution >= 4 is 17.1 Å². The van der Waals surface area contributed by atoms with Crippen LogP contribution in [0.2, 0.25) is 0 Å². The lowest BCUT2D eigenvalue weighted by molar-refractivity contribution is -0.139. The first-order valence-electron chi connectivity index (χ1n) is 6.89. The molecule has 0 aliphatic heterocycles. The van der Waals surface area contributed by atoms with Gasteiger partial charge in [-0.05, 0) is 23.8 Å². The molecule has 1 aromatic heterocycles. The van der Waals surface area contributed by atoms with Gasteiger partial charge >= 0.3 is 6.18 Å². The van der Waals surface area contributed by atoms with Gasteiger partial charge in [0.05, 0.1) is 11.7 Å². The van der Waals surface area contributed by atoms with Crippen LogP contribution < -0.4 is 5.32 Å². The molecular weight excluding hydrogens is 309 g/mol. The number of anilines is 1. The van der Waals surface area contributed by atoms with Crippen LogP contribution in [0, 0.1) is 0 Å². The Kier molecular flexibility index (Phi) is 3.96. The lowest BCUT2D eigenvalue weighted by atomic mass is 10.0. The lowest BCUT2D eigenvalue weighted by Gasteiger charge is -2.17. The number of oxazole rings is 1. The van der Waals surface area contributed by atoms with Gasteiger partial charge in [-0.15, -0.1) is 0 Å². The van der Waals surface area contributed by atoms with Crippen LogP contribution in [0.4, 0.5) is 19.2 Å². The van der Waals surface area contributed by atoms with Crippen LogP contribution in [0.1, 0.15) is 17.2 Å². The highest BCUT2D eigenvalue weighted by Gasteiger charge is 2.34. The number of aromatic nitrogens is 1. The summed E-state index contributed by atoms with van der Waals surface area (Å²) in [5, 5.41) is 12.8. The standard InChI is InChI=1S/C16H13F3N2O2/c17-16(18,19)11-6-2-1-5-10(11)13(22)9-20-15-21-12-7-3-4-8-14(12)23-15/h1-8,13,22H,9H2,(H,20,21). The Balaban J connectivity index is 1.76. The van der Waals surface area contributed by atoms with Gasteiger partial charge in [-0.25, -0.2) is 0 Å². The number of hydrogen-bond acceptors (Lipinski definition) is 4. The lowest BCUT2D eigenvalue weighted by Crippen LogP contribution is -2.17. The first-order chi connectivity index (χ1) is 10.9. The monoisotopic (exact) mass is 322 g/mol. The number of nitrogens with zero attached hydrogens (tertiary/aromatic N) is 1. The molecule has 0 fully saturated rings. The van der Waals surface area contributed by atoms with Crippen molar-refractivity contribution in [3.63, 3.8) is 0 Å². The van der Waals surface area contributed by atoms with Crippen molar-refractivity contribution in [1.82, 2.24) is 4.98 Å². The molecule has 0 aliphatic carbocycles. The quantitative estimate of drug-likeness (QED) is 0.762. The Bertz CT molecular complexity index is 781. The molecule has 0 amide bonds. The molecule has 1 heterocycles. The molecule has 0 saturated carbocycles. The van der Waals surface area contributed by atoms with Crippen molar-refractivity contribution in [2.45, 2.75) is 12.3 Å². The summed E-state index contributed by atoms with van der Waals surface area (Å²) in [4.78, 5) is 4.14. The minimum atomic E-state index is -4.52. The van der Waals surface area contributed by atoms with Crippen LogP contribution in [0.3, 0.4) is 0 Å². The second-order valence-corrected chi connectivity index (χ2v) is 4.97. The summed E-state index contributed by atoms with van der Waals surface area (Å²) in [6.07, 6.45) is -5.86. The molecule has 0 spiro atoms. The Labute approximate surface area is 129 Å². The van der Waals surface area contributed by atoms with E-state index < -0.39 is 17.8 Å².